The van der Waals surface area contributed by atoms with E-state index in [4.69, 9.17) is 5.73 Å². The number of hydrogen-bond donors (Lipinski definition) is 1. The van der Waals surface area contributed by atoms with Crippen LogP contribution < -0.4 is 5.73 Å². The molecule has 0 bridgehead atoms. The van der Waals surface area contributed by atoms with Gasteiger partial charge in [0.05, 0.1) is 0 Å². The van der Waals surface area contributed by atoms with Crippen LogP contribution in [0.15, 0.2) is 24.3 Å². The van der Waals surface area contributed by atoms with Crippen molar-refractivity contribution in [2.45, 2.75) is 45.6 Å². The first-order chi connectivity index (χ1) is 11.5. The predicted octanol–water partition coefficient (Wildman–Crippen LogP) is 2.65. The fourth-order valence-corrected chi connectivity index (χ4v) is 2.54. The lowest BCUT2D eigenvalue weighted by atomic mass is 10.1. The van der Waals surface area contributed by atoms with Crippen LogP contribution >= 0.6 is 0 Å². The summed E-state index contributed by atoms with van der Waals surface area (Å²) in [7, 11) is 3.47. The third-order valence-electron chi connectivity index (χ3n) is 4.06. The Hall–Kier alpha value is -1.88. The van der Waals surface area contributed by atoms with Crippen molar-refractivity contribution >= 4 is 11.8 Å². The minimum atomic E-state index is -0.0116. The van der Waals surface area contributed by atoms with Gasteiger partial charge in [-0.1, -0.05) is 25.0 Å². The number of nitrogens with zero attached hydrogens (tertiary/aromatic N) is 2. The van der Waals surface area contributed by atoms with Gasteiger partial charge in [-0.3, -0.25) is 9.59 Å². The van der Waals surface area contributed by atoms with E-state index in [1.54, 1.807) is 19.0 Å². The number of rotatable bonds is 10. The van der Waals surface area contributed by atoms with E-state index < -0.39 is 0 Å². The second-order valence-electron chi connectivity index (χ2n) is 6.26. The molecule has 2 amide bonds. The molecule has 0 aliphatic heterocycles. The van der Waals surface area contributed by atoms with Crippen LogP contribution in [0.1, 0.15) is 54.9 Å². The number of amides is 2. The van der Waals surface area contributed by atoms with Gasteiger partial charge in [-0.2, -0.15) is 0 Å². The van der Waals surface area contributed by atoms with E-state index in [0.717, 1.165) is 37.8 Å². The van der Waals surface area contributed by atoms with E-state index in [1.165, 1.54) is 0 Å². The molecular formula is C19H31N3O2. The Morgan fingerprint density at radius 1 is 1.00 bits per heavy atom. The molecule has 0 radical (unpaired) electrons. The Morgan fingerprint density at radius 3 is 2.17 bits per heavy atom. The highest BCUT2D eigenvalue weighted by Crippen LogP contribution is 2.11. The van der Waals surface area contributed by atoms with Crippen LogP contribution in [0.5, 0.6) is 0 Å². The summed E-state index contributed by atoms with van der Waals surface area (Å²) in [6.07, 6.45) is 4.70. The molecule has 1 aromatic carbocycles. The zero-order valence-electron chi connectivity index (χ0n) is 15.3. The number of hydrogen-bond acceptors (Lipinski definition) is 3. The smallest absolute Gasteiger partial charge is 0.253 e. The number of nitrogens with two attached hydrogens (primary N) is 1. The summed E-state index contributed by atoms with van der Waals surface area (Å²) >= 11 is 0. The van der Waals surface area contributed by atoms with Crippen molar-refractivity contribution in [1.82, 2.24) is 9.80 Å². The third kappa shape index (κ3) is 6.71. The molecule has 0 saturated heterocycles. The van der Waals surface area contributed by atoms with Crippen molar-refractivity contribution in [1.29, 1.82) is 0 Å². The Kier molecular flexibility index (Phi) is 9.08. The van der Waals surface area contributed by atoms with Crippen molar-refractivity contribution < 1.29 is 9.59 Å². The van der Waals surface area contributed by atoms with Crippen molar-refractivity contribution in [3.8, 4) is 0 Å². The van der Waals surface area contributed by atoms with Gasteiger partial charge in [0, 0.05) is 39.2 Å². The van der Waals surface area contributed by atoms with E-state index in [1.807, 2.05) is 36.1 Å². The monoisotopic (exact) mass is 333 g/mol. The van der Waals surface area contributed by atoms with E-state index in [-0.39, 0.29) is 11.8 Å². The molecule has 134 valence electrons. The van der Waals surface area contributed by atoms with Gasteiger partial charge >= 0.3 is 0 Å². The van der Waals surface area contributed by atoms with Crippen LogP contribution in [0.2, 0.25) is 0 Å². The van der Waals surface area contributed by atoms with Crippen LogP contribution in [0.3, 0.4) is 0 Å². The first kappa shape index (κ1) is 20.2. The summed E-state index contributed by atoms with van der Waals surface area (Å²) in [4.78, 5) is 27.6. The molecule has 0 spiro atoms. The van der Waals surface area contributed by atoms with Gasteiger partial charge in [0.1, 0.15) is 0 Å². The maximum absolute atomic E-state index is 12.3. The molecule has 0 heterocycles. The predicted molar refractivity (Wildman–Crippen MR) is 97.7 cm³/mol. The van der Waals surface area contributed by atoms with Crippen LogP contribution in [-0.4, -0.2) is 48.8 Å². The molecule has 0 unspecified atom stereocenters. The Morgan fingerprint density at radius 2 is 1.62 bits per heavy atom. The molecule has 0 aliphatic carbocycles. The molecule has 2 N–H and O–H groups in total. The minimum Gasteiger partial charge on any atom is -0.345 e. The minimum absolute atomic E-state index is 0.0116. The van der Waals surface area contributed by atoms with Gasteiger partial charge in [-0.05, 0) is 44.0 Å². The fourth-order valence-electron chi connectivity index (χ4n) is 2.54. The molecule has 5 nitrogen and oxygen atoms in total. The lowest BCUT2D eigenvalue weighted by molar-refractivity contribution is -0.131. The largest absolute Gasteiger partial charge is 0.345 e. The Balaban J connectivity index is 2.52. The fraction of sp³-hybridized carbons (Fsp3) is 0.579. The van der Waals surface area contributed by atoms with E-state index in [9.17, 15) is 9.59 Å². The highest BCUT2D eigenvalue weighted by molar-refractivity contribution is 5.93. The molecule has 0 atom stereocenters. The molecule has 0 saturated carbocycles. The summed E-state index contributed by atoms with van der Waals surface area (Å²) < 4.78 is 0. The number of carbonyl (C=O) groups is 2. The normalized spacial score (nSPS) is 10.5. The molecule has 5 heteroatoms. The van der Waals surface area contributed by atoms with Gasteiger partial charge in [0.15, 0.2) is 0 Å². The van der Waals surface area contributed by atoms with Crippen molar-refractivity contribution in [2.75, 3.05) is 27.2 Å². The average Bonchev–Trinajstić information content (AvgIpc) is 2.59. The van der Waals surface area contributed by atoms with Gasteiger partial charge in [-0.15, -0.1) is 0 Å². The first-order valence-electron chi connectivity index (χ1n) is 8.78. The van der Waals surface area contributed by atoms with Gasteiger partial charge in [0.25, 0.3) is 5.91 Å². The number of carbonyl (C=O) groups excluding carboxylic acids is 2. The molecule has 0 fully saturated rings. The zero-order chi connectivity index (χ0) is 17.9. The number of benzene rings is 1. The summed E-state index contributed by atoms with van der Waals surface area (Å²) in [5.74, 6) is 0.182. The van der Waals surface area contributed by atoms with Crippen LogP contribution in [0, 0.1) is 0 Å². The van der Waals surface area contributed by atoms with E-state index >= 15 is 0 Å². The van der Waals surface area contributed by atoms with Gasteiger partial charge < -0.3 is 15.5 Å². The summed E-state index contributed by atoms with van der Waals surface area (Å²) in [5.41, 5.74) is 7.18. The average molecular weight is 333 g/mol. The van der Waals surface area contributed by atoms with Crippen LogP contribution in [0.25, 0.3) is 0 Å². The number of unbranched alkanes of at least 4 members (excludes halogenated alkanes) is 3. The maximum Gasteiger partial charge on any atom is 0.253 e. The second-order valence-corrected chi connectivity index (χ2v) is 6.26. The van der Waals surface area contributed by atoms with E-state index in [2.05, 4.69) is 0 Å². The Bertz CT molecular complexity index is 512. The van der Waals surface area contributed by atoms with Gasteiger partial charge in [0.2, 0.25) is 5.91 Å². The quantitative estimate of drug-likeness (QED) is 0.669. The van der Waals surface area contributed by atoms with Crippen LogP contribution in [0.4, 0.5) is 0 Å². The lowest BCUT2D eigenvalue weighted by Gasteiger charge is -2.21. The third-order valence-corrected chi connectivity index (χ3v) is 4.06. The van der Waals surface area contributed by atoms with Crippen molar-refractivity contribution in [2.24, 2.45) is 5.73 Å². The highest BCUT2D eigenvalue weighted by Gasteiger charge is 2.13. The zero-order valence-corrected chi connectivity index (χ0v) is 15.3. The maximum atomic E-state index is 12.3. The lowest BCUT2D eigenvalue weighted by Crippen LogP contribution is -2.30. The molecule has 1 rings (SSSR count). The van der Waals surface area contributed by atoms with Crippen molar-refractivity contribution in [3.05, 3.63) is 35.4 Å². The summed E-state index contributed by atoms with van der Waals surface area (Å²) in [6.45, 7) is 4.01. The highest BCUT2D eigenvalue weighted by atomic mass is 16.2. The molecule has 24 heavy (non-hydrogen) atoms. The molecular weight excluding hydrogens is 302 g/mol. The Labute approximate surface area is 145 Å². The van der Waals surface area contributed by atoms with E-state index in [0.29, 0.717) is 25.1 Å². The van der Waals surface area contributed by atoms with Gasteiger partial charge in [-0.25, -0.2) is 0 Å². The molecule has 0 aromatic heterocycles. The summed E-state index contributed by atoms with van der Waals surface area (Å²) in [6, 6.07) is 7.49. The van der Waals surface area contributed by atoms with Crippen molar-refractivity contribution in [3.63, 3.8) is 0 Å². The molecule has 1 aromatic rings. The molecule has 0 aliphatic rings. The first-order valence-corrected chi connectivity index (χ1v) is 8.78. The summed E-state index contributed by atoms with van der Waals surface area (Å²) in [5, 5.41) is 0. The van der Waals surface area contributed by atoms with Crippen LogP contribution in [-0.2, 0) is 11.3 Å². The topological polar surface area (TPSA) is 66.6 Å². The SMILES string of the molecule is CCN(Cc1ccc(C(=O)N(C)C)cc1)C(=O)CCCCCCN. The second kappa shape index (κ2) is 10.8. The standard InChI is InChI=1S/C19H31N3O2/c1-4-22(18(23)9-7-5-6-8-14-20)15-16-10-12-17(13-11-16)19(24)21(2)3/h10-13H,4-9,14-15,20H2,1-3H3.